The summed E-state index contributed by atoms with van der Waals surface area (Å²) >= 11 is 0. The number of carbonyl (C=O) groups excluding carboxylic acids is 2. The number of hydrogen-bond acceptors (Lipinski definition) is 3. The molecule has 3 N–H and O–H groups in total. The van der Waals surface area contributed by atoms with E-state index < -0.39 is 0 Å². The lowest BCUT2D eigenvalue weighted by atomic mass is 10.0. The van der Waals surface area contributed by atoms with Crippen LogP contribution in [0.4, 0.5) is 0 Å². The molecule has 5 heteroatoms. The van der Waals surface area contributed by atoms with Gasteiger partial charge in [0, 0.05) is 24.3 Å². The average Bonchev–Trinajstić information content (AvgIpc) is 2.66. The van der Waals surface area contributed by atoms with Gasteiger partial charge in [-0.1, -0.05) is 43.3 Å². The molecule has 0 saturated carbocycles. The predicted octanol–water partition coefficient (Wildman–Crippen LogP) is 2.68. The van der Waals surface area contributed by atoms with E-state index in [2.05, 4.69) is 10.6 Å². The van der Waals surface area contributed by atoms with Gasteiger partial charge >= 0.3 is 0 Å². The van der Waals surface area contributed by atoms with Crippen LogP contribution in [0.5, 0.6) is 0 Å². The summed E-state index contributed by atoms with van der Waals surface area (Å²) in [5, 5.41) is 15.0. The molecule has 0 fully saturated rings. The second kappa shape index (κ2) is 9.59. The standard InChI is InChI=1S/C20H24N2O3/c1-2-12-21-19(24)16-9-6-10-17(14-16)20(25)22-18(11-13-23)15-7-4-3-5-8-15/h3-10,14,18,23H,2,11-13H2,1H3,(H,21,24)(H,22,25). The maximum atomic E-state index is 12.6. The Hall–Kier alpha value is -2.66. The van der Waals surface area contributed by atoms with Crippen LogP contribution < -0.4 is 10.6 Å². The first kappa shape index (κ1) is 18.7. The van der Waals surface area contributed by atoms with Crippen molar-refractivity contribution in [2.75, 3.05) is 13.2 Å². The normalized spacial score (nSPS) is 11.6. The van der Waals surface area contributed by atoms with Crippen molar-refractivity contribution in [2.24, 2.45) is 0 Å². The molecule has 0 bridgehead atoms. The summed E-state index contributed by atoms with van der Waals surface area (Å²) in [6.07, 6.45) is 1.28. The molecule has 5 nitrogen and oxygen atoms in total. The maximum Gasteiger partial charge on any atom is 0.251 e. The molecular weight excluding hydrogens is 316 g/mol. The highest BCUT2D eigenvalue weighted by atomic mass is 16.3. The molecule has 0 aliphatic rings. The number of carbonyl (C=O) groups is 2. The monoisotopic (exact) mass is 340 g/mol. The minimum atomic E-state index is -0.281. The van der Waals surface area contributed by atoms with E-state index in [4.69, 9.17) is 0 Å². The Bertz CT molecular complexity index is 701. The number of nitrogens with one attached hydrogen (secondary N) is 2. The Kier molecular flexibility index (Phi) is 7.16. The van der Waals surface area contributed by atoms with Gasteiger partial charge in [-0.3, -0.25) is 9.59 Å². The van der Waals surface area contributed by atoms with E-state index in [0.717, 1.165) is 12.0 Å². The Morgan fingerprint density at radius 3 is 2.32 bits per heavy atom. The molecule has 1 unspecified atom stereocenters. The van der Waals surface area contributed by atoms with Gasteiger partial charge < -0.3 is 15.7 Å². The third kappa shape index (κ3) is 5.43. The van der Waals surface area contributed by atoms with Crippen molar-refractivity contribution in [3.05, 3.63) is 71.3 Å². The lowest BCUT2D eigenvalue weighted by Crippen LogP contribution is -2.30. The molecule has 0 radical (unpaired) electrons. The Morgan fingerprint density at radius 1 is 1.00 bits per heavy atom. The first-order chi connectivity index (χ1) is 12.2. The van der Waals surface area contributed by atoms with Gasteiger partial charge in [-0.05, 0) is 36.6 Å². The van der Waals surface area contributed by atoms with E-state index in [1.807, 2.05) is 37.3 Å². The van der Waals surface area contributed by atoms with Crippen LogP contribution in [-0.2, 0) is 0 Å². The SMILES string of the molecule is CCCNC(=O)c1cccc(C(=O)NC(CCO)c2ccccc2)c1. The van der Waals surface area contributed by atoms with Gasteiger partial charge in [-0.25, -0.2) is 0 Å². The van der Waals surface area contributed by atoms with Gasteiger partial charge in [0.1, 0.15) is 0 Å². The highest BCUT2D eigenvalue weighted by Gasteiger charge is 2.16. The molecule has 2 aromatic carbocycles. The number of benzene rings is 2. The molecular formula is C20H24N2O3. The van der Waals surface area contributed by atoms with Gasteiger partial charge in [0.15, 0.2) is 0 Å². The highest BCUT2D eigenvalue weighted by molar-refractivity contribution is 5.99. The molecule has 2 rings (SSSR count). The number of aliphatic hydroxyl groups is 1. The zero-order chi connectivity index (χ0) is 18.1. The first-order valence-electron chi connectivity index (χ1n) is 8.50. The Labute approximate surface area is 148 Å². The fraction of sp³-hybridized carbons (Fsp3) is 0.300. The van der Waals surface area contributed by atoms with Crippen molar-refractivity contribution < 1.29 is 14.7 Å². The summed E-state index contributed by atoms with van der Waals surface area (Å²) in [5.41, 5.74) is 1.81. The van der Waals surface area contributed by atoms with Crippen LogP contribution in [-0.4, -0.2) is 30.1 Å². The van der Waals surface area contributed by atoms with E-state index in [1.165, 1.54) is 0 Å². The summed E-state index contributed by atoms with van der Waals surface area (Å²) in [6.45, 7) is 2.55. The zero-order valence-electron chi connectivity index (χ0n) is 14.4. The Morgan fingerprint density at radius 2 is 1.68 bits per heavy atom. The van der Waals surface area contributed by atoms with E-state index in [-0.39, 0.29) is 24.5 Å². The third-order valence-corrected chi connectivity index (χ3v) is 3.85. The molecule has 2 aromatic rings. The molecule has 0 heterocycles. The summed E-state index contributed by atoms with van der Waals surface area (Å²) in [5.74, 6) is -0.459. The van der Waals surface area contributed by atoms with Crippen LogP contribution in [0.2, 0.25) is 0 Å². The predicted molar refractivity (Wildman–Crippen MR) is 97.4 cm³/mol. The molecule has 0 spiro atoms. The van der Waals surface area contributed by atoms with Crippen molar-refractivity contribution in [1.29, 1.82) is 0 Å². The molecule has 2 amide bonds. The van der Waals surface area contributed by atoms with Crippen LogP contribution in [0.1, 0.15) is 52.1 Å². The lowest BCUT2D eigenvalue weighted by Gasteiger charge is -2.18. The van der Waals surface area contributed by atoms with Crippen LogP contribution in [0.15, 0.2) is 54.6 Å². The third-order valence-electron chi connectivity index (χ3n) is 3.85. The van der Waals surface area contributed by atoms with Crippen molar-refractivity contribution in [1.82, 2.24) is 10.6 Å². The number of amides is 2. The van der Waals surface area contributed by atoms with Gasteiger partial charge in [0.2, 0.25) is 0 Å². The van der Waals surface area contributed by atoms with Crippen LogP contribution in [0.25, 0.3) is 0 Å². The van der Waals surface area contributed by atoms with Crippen molar-refractivity contribution in [2.45, 2.75) is 25.8 Å². The quantitative estimate of drug-likeness (QED) is 0.691. The van der Waals surface area contributed by atoms with E-state index in [9.17, 15) is 14.7 Å². The number of hydrogen-bond donors (Lipinski definition) is 3. The highest BCUT2D eigenvalue weighted by Crippen LogP contribution is 2.17. The van der Waals surface area contributed by atoms with Crippen LogP contribution >= 0.6 is 0 Å². The van der Waals surface area contributed by atoms with Gasteiger partial charge in [-0.15, -0.1) is 0 Å². The first-order valence-corrected chi connectivity index (χ1v) is 8.50. The summed E-state index contributed by atoms with van der Waals surface area (Å²) < 4.78 is 0. The molecule has 0 aromatic heterocycles. The second-order valence-corrected chi connectivity index (χ2v) is 5.79. The summed E-state index contributed by atoms with van der Waals surface area (Å²) in [4.78, 5) is 24.6. The fourth-order valence-corrected chi connectivity index (χ4v) is 2.52. The summed E-state index contributed by atoms with van der Waals surface area (Å²) in [7, 11) is 0. The largest absolute Gasteiger partial charge is 0.396 e. The number of aliphatic hydroxyl groups excluding tert-OH is 1. The maximum absolute atomic E-state index is 12.6. The Balaban J connectivity index is 2.12. The second-order valence-electron chi connectivity index (χ2n) is 5.79. The van der Waals surface area contributed by atoms with Crippen molar-refractivity contribution >= 4 is 11.8 Å². The topological polar surface area (TPSA) is 78.4 Å². The van der Waals surface area contributed by atoms with E-state index in [1.54, 1.807) is 24.3 Å². The van der Waals surface area contributed by atoms with E-state index in [0.29, 0.717) is 24.1 Å². The van der Waals surface area contributed by atoms with Gasteiger partial charge in [0.05, 0.1) is 6.04 Å². The average molecular weight is 340 g/mol. The van der Waals surface area contributed by atoms with Crippen LogP contribution in [0, 0.1) is 0 Å². The minimum Gasteiger partial charge on any atom is -0.396 e. The molecule has 132 valence electrons. The molecule has 0 aliphatic carbocycles. The molecule has 0 aliphatic heterocycles. The van der Waals surface area contributed by atoms with Crippen LogP contribution in [0.3, 0.4) is 0 Å². The van der Waals surface area contributed by atoms with E-state index >= 15 is 0 Å². The van der Waals surface area contributed by atoms with Gasteiger partial charge in [0.25, 0.3) is 11.8 Å². The smallest absolute Gasteiger partial charge is 0.251 e. The fourth-order valence-electron chi connectivity index (χ4n) is 2.52. The number of rotatable bonds is 8. The molecule has 0 saturated heterocycles. The molecule has 1 atom stereocenters. The van der Waals surface area contributed by atoms with Crippen molar-refractivity contribution in [3.8, 4) is 0 Å². The lowest BCUT2D eigenvalue weighted by molar-refractivity contribution is 0.0930. The minimum absolute atomic E-state index is 0.0285. The molecule has 25 heavy (non-hydrogen) atoms. The van der Waals surface area contributed by atoms with Crippen molar-refractivity contribution in [3.63, 3.8) is 0 Å². The summed E-state index contributed by atoms with van der Waals surface area (Å²) in [6, 6.07) is 15.9. The zero-order valence-corrected chi connectivity index (χ0v) is 14.4. The van der Waals surface area contributed by atoms with Gasteiger partial charge in [-0.2, -0.15) is 0 Å².